The van der Waals surface area contributed by atoms with Crippen molar-refractivity contribution in [3.05, 3.63) is 34.3 Å². The van der Waals surface area contributed by atoms with Crippen LogP contribution in [0.3, 0.4) is 0 Å². The largest absolute Gasteiger partial charge is 0.455 e. The van der Waals surface area contributed by atoms with Crippen molar-refractivity contribution < 1.29 is 14.3 Å². The molecule has 0 unspecified atom stereocenters. The lowest BCUT2D eigenvalue weighted by Crippen LogP contribution is -2.31. The second kappa shape index (κ2) is 7.84. The fraction of sp³-hybridized carbons (Fsp3) is 0.467. The van der Waals surface area contributed by atoms with Crippen molar-refractivity contribution in [1.29, 1.82) is 0 Å². The van der Waals surface area contributed by atoms with Crippen LogP contribution in [0.1, 0.15) is 25.3 Å². The van der Waals surface area contributed by atoms with Crippen molar-refractivity contribution in [2.24, 2.45) is 0 Å². The quantitative estimate of drug-likeness (QED) is 0.748. The number of hydrogen-bond acceptors (Lipinski definition) is 4. The molecule has 0 heterocycles. The predicted octanol–water partition coefficient (Wildman–Crippen LogP) is 2.89. The van der Waals surface area contributed by atoms with Crippen LogP contribution in [0.5, 0.6) is 0 Å². The molecule has 1 saturated carbocycles. The molecular weight excluding hydrogens is 354 g/mol. The number of amides is 1. The van der Waals surface area contributed by atoms with Gasteiger partial charge in [0.25, 0.3) is 5.91 Å². The van der Waals surface area contributed by atoms with Gasteiger partial charge in [0.15, 0.2) is 6.61 Å². The maximum atomic E-state index is 11.8. The lowest BCUT2D eigenvalue weighted by atomic mass is 10.2. The van der Waals surface area contributed by atoms with Crippen LogP contribution in [-0.4, -0.2) is 29.8 Å². The third-order valence-corrected chi connectivity index (χ3v) is 4.75. The summed E-state index contributed by atoms with van der Waals surface area (Å²) in [7, 11) is 0. The number of rotatable bonds is 7. The molecule has 1 amide bonds. The second-order valence-electron chi connectivity index (χ2n) is 5.03. The maximum Gasteiger partial charge on any atom is 0.319 e. The minimum absolute atomic E-state index is 0.182. The Hall–Kier alpha value is -1.01. The summed E-state index contributed by atoms with van der Waals surface area (Å²) in [6.07, 6.45) is 2.05. The number of carbonyl (C=O) groups is 2. The summed E-state index contributed by atoms with van der Waals surface area (Å²) in [6.45, 7) is 1.61. The molecule has 1 atom stereocenters. The van der Waals surface area contributed by atoms with Gasteiger partial charge >= 0.3 is 5.97 Å². The first-order valence-electron chi connectivity index (χ1n) is 6.86. The molecule has 0 aliphatic heterocycles. The minimum atomic E-state index is -0.344. The summed E-state index contributed by atoms with van der Waals surface area (Å²) < 4.78 is 6.06. The molecule has 0 radical (unpaired) electrons. The SMILES string of the molecule is C[C@@H](SCc1ccc(Br)cc1)C(=O)OCC(=O)NC1CC1. The monoisotopic (exact) mass is 371 g/mol. The van der Waals surface area contributed by atoms with Crippen molar-refractivity contribution in [3.63, 3.8) is 0 Å². The lowest BCUT2D eigenvalue weighted by Gasteiger charge is -2.11. The Kier molecular flexibility index (Phi) is 6.11. The van der Waals surface area contributed by atoms with Crippen molar-refractivity contribution in [1.82, 2.24) is 5.32 Å². The first-order chi connectivity index (χ1) is 10.0. The molecule has 114 valence electrons. The predicted molar refractivity (Wildman–Crippen MR) is 87.0 cm³/mol. The zero-order chi connectivity index (χ0) is 15.2. The third kappa shape index (κ3) is 6.09. The highest BCUT2D eigenvalue weighted by atomic mass is 79.9. The molecule has 0 bridgehead atoms. The number of ether oxygens (including phenoxy) is 1. The van der Waals surface area contributed by atoms with Crippen LogP contribution in [0.15, 0.2) is 28.7 Å². The van der Waals surface area contributed by atoms with Gasteiger partial charge in [0, 0.05) is 16.3 Å². The average molecular weight is 372 g/mol. The van der Waals surface area contributed by atoms with Gasteiger partial charge in [-0.3, -0.25) is 9.59 Å². The third-order valence-electron chi connectivity index (χ3n) is 3.03. The molecule has 1 fully saturated rings. The van der Waals surface area contributed by atoms with Crippen LogP contribution in [0.2, 0.25) is 0 Å². The van der Waals surface area contributed by atoms with E-state index >= 15 is 0 Å². The van der Waals surface area contributed by atoms with E-state index in [-0.39, 0.29) is 23.7 Å². The molecule has 1 N–H and O–H groups in total. The van der Waals surface area contributed by atoms with Crippen molar-refractivity contribution in [2.45, 2.75) is 36.8 Å². The number of halogens is 1. The number of benzene rings is 1. The summed E-state index contributed by atoms with van der Waals surface area (Å²) in [5, 5.41) is 2.49. The van der Waals surface area contributed by atoms with Gasteiger partial charge in [0.05, 0.1) is 5.25 Å². The van der Waals surface area contributed by atoms with E-state index in [0.717, 1.165) is 28.6 Å². The summed E-state index contributed by atoms with van der Waals surface area (Å²) in [5.41, 5.74) is 1.15. The fourth-order valence-corrected chi connectivity index (χ4v) is 2.72. The molecule has 1 aromatic carbocycles. The van der Waals surface area contributed by atoms with E-state index in [1.807, 2.05) is 24.3 Å². The Morgan fingerprint density at radius 2 is 2.05 bits per heavy atom. The van der Waals surface area contributed by atoms with Crippen LogP contribution in [-0.2, 0) is 20.1 Å². The van der Waals surface area contributed by atoms with Gasteiger partial charge in [-0.05, 0) is 37.5 Å². The highest BCUT2D eigenvalue weighted by Crippen LogP contribution is 2.20. The standard InChI is InChI=1S/C15H18BrNO3S/c1-10(21-9-11-2-4-12(16)5-3-11)15(19)20-8-14(18)17-13-6-7-13/h2-5,10,13H,6-9H2,1H3,(H,17,18)/t10-/m1/s1. The number of hydrogen-bond donors (Lipinski definition) is 1. The molecular formula is C15H18BrNO3S. The average Bonchev–Trinajstić information content (AvgIpc) is 3.27. The van der Waals surface area contributed by atoms with E-state index in [1.54, 1.807) is 6.92 Å². The van der Waals surface area contributed by atoms with Gasteiger partial charge in [-0.15, -0.1) is 11.8 Å². The van der Waals surface area contributed by atoms with Crippen LogP contribution in [0, 0.1) is 0 Å². The topological polar surface area (TPSA) is 55.4 Å². The summed E-state index contributed by atoms with van der Waals surface area (Å²) in [6, 6.07) is 8.26. The Labute approximate surface area is 137 Å². The molecule has 1 aliphatic carbocycles. The second-order valence-corrected chi connectivity index (χ2v) is 7.27. The van der Waals surface area contributed by atoms with E-state index in [9.17, 15) is 9.59 Å². The van der Waals surface area contributed by atoms with Crippen LogP contribution < -0.4 is 5.32 Å². The maximum absolute atomic E-state index is 11.8. The fourth-order valence-electron chi connectivity index (χ4n) is 1.62. The zero-order valence-electron chi connectivity index (χ0n) is 11.8. The van der Waals surface area contributed by atoms with E-state index in [4.69, 9.17) is 4.74 Å². The molecule has 1 aromatic rings. The van der Waals surface area contributed by atoms with Crippen LogP contribution in [0.4, 0.5) is 0 Å². The number of nitrogens with one attached hydrogen (secondary N) is 1. The van der Waals surface area contributed by atoms with E-state index in [2.05, 4.69) is 21.2 Å². The number of thioether (sulfide) groups is 1. The zero-order valence-corrected chi connectivity index (χ0v) is 14.2. The van der Waals surface area contributed by atoms with Crippen LogP contribution in [0.25, 0.3) is 0 Å². The first kappa shape index (κ1) is 16.4. The molecule has 2 rings (SSSR count). The Morgan fingerprint density at radius 3 is 2.67 bits per heavy atom. The van der Waals surface area contributed by atoms with Crippen molar-refractivity contribution in [2.75, 3.05) is 6.61 Å². The molecule has 0 aromatic heterocycles. The van der Waals surface area contributed by atoms with E-state index < -0.39 is 0 Å². The highest BCUT2D eigenvalue weighted by molar-refractivity contribution is 9.10. The summed E-state index contributed by atoms with van der Waals surface area (Å²) >= 11 is 4.89. The van der Waals surface area contributed by atoms with E-state index in [0.29, 0.717) is 6.04 Å². The molecule has 4 nitrogen and oxygen atoms in total. The Bertz CT molecular complexity index is 502. The van der Waals surface area contributed by atoms with Gasteiger partial charge in [-0.25, -0.2) is 0 Å². The van der Waals surface area contributed by atoms with Gasteiger partial charge in [0.1, 0.15) is 0 Å². The summed E-state index contributed by atoms with van der Waals surface area (Å²) in [4.78, 5) is 23.2. The lowest BCUT2D eigenvalue weighted by molar-refractivity contribution is -0.147. The normalized spacial score (nSPS) is 15.3. The number of carbonyl (C=O) groups excluding carboxylic acids is 2. The van der Waals surface area contributed by atoms with Crippen molar-refractivity contribution in [3.8, 4) is 0 Å². The molecule has 21 heavy (non-hydrogen) atoms. The number of esters is 1. The summed E-state index contributed by atoms with van der Waals surface area (Å²) in [5.74, 6) is 0.177. The first-order valence-corrected chi connectivity index (χ1v) is 8.71. The van der Waals surface area contributed by atoms with Gasteiger partial charge in [-0.2, -0.15) is 0 Å². The van der Waals surface area contributed by atoms with Gasteiger partial charge in [0.2, 0.25) is 0 Å². The molecule has 0 saturated heterocycles. The molecule has 6 heteroatoms. The highest BCUT2D eigenvalue weighted by Gasteiger charge is 2.24. The van der Waals surface area contributed by atoms with Gasteiger partial charge in [-0.1, -0.05) is 28.1 Å². The smallest absolute Gasteiger partial charge is 0.319 e. The van der Waals surface area contributed by atoms with Gasteiger partial charge < -0.3 is 10.1 Å². The minimum Gasteiger partial charge on any atom is -0.455 e. The Morgan fingerprint density at radius 1 is 1.38 bits per heavy atom. The molecule has 0 spiro atoms. The van der Waals surface area contributed by atoms with E-state index in [1.165, 1.54) is 11.8 Å². The van der Waals surface area contributed by atoms with Crippen LogP contribution >= 0.6 is 27.7 Å². The van der Waals surface area contributed by atoms with Crippen molar-refractivity contribution >= 4 is 39.6 Å². The molecule has 1 aliphatic rings. The Balaban J connectivity index is 1.66.